The maximum atomic E-state index is 13.6. The normalized spacial score (nSPS) is 14.2. The van der Waals surface area contributed by atoms with E-state index in [0.717, 1.165) is 5.82 Å². The van der Waals surface area contributed by atoms with E-state index < -0.39 is 0 Å². The van der Waals surface area contributed by atoms with Crippen LogP contribution >= 0.6 is 0 Å². The van der Waals surface area contributed by atoms with E-state index in [-0.39, 0.29) is 23.6 Å². The van der Waals surface area contributed by atoms with Gasteiger partial charge in [-0.25, -0.2) is 9.37 Å². The number of hydrogen-bond donors (Lipinski definition) is 1. The summed E-state index contributed by atoms with van der Waals surface area (Å²) in [5.41, 5.74) is 1.17. The number of hydrogen-bond acceptors (Lipinski definition) is 7. The summed E-state index contributed by atoms with van der Waals surface area (Å²) < 4.78 is 15.2. The number of H-pyrrole nitrogens is 1. The topological polar surface area (TPSA) is 108 Å². The summed E-state index contributed by atoms with van der Waals surface area (Å²) in [4.78, 5) is 20.0. The lowest BCUT2D eigenvalue weighted by Crippen LogP contribution is -2.60. The fourth-order valence-electron chi connectivity index (χ4n) is 3.28. The molecule has 11 heteroatoms. The molecule has 4 aromatic rings. The van der Waals surface area contributed by atoms with Crippen molar-refractivity contribution in [3.05, 3.63) is 54.4 Å². The monoisotopic (exact) mass is 393 g/mol. The van der Waals surface area contributed by atoms with Crippen LogP contribution in [-0.4, -0.2) is 72.0 Å². The van der Waals surface area contributed by atoms with E-state index >= 15 is 0 Å². The van der Waals surface area contributed by atoms with Crippen LogP contribution < -0.4 is 4.90 Å². The molecule has 1 fully saturated rings. The number of likely N-dealkylation sites (N-methyl/N-ethyl adjacent to an activating group) is 1. The van der Waals surface area contributed by atoms with Crippen LogP contribution in [0.15, 0.2) is 42.7 Å². The van der Waals surface area contributed by atoms with Crippen LogP contribution in [0.25, 0.3) is 17.0 Å². The lowest BCUT2D eigenvalue weighted by molar-refractivity contribution is 0.0693. The first-order valence-electron chi connectivity index (χ1n) is 8.96. The third-order valence-electron chi connectivity index (χ3n) is 5.00. The van der Waals surface area contributed by atoms with Crippen molar-refractivity contribution in [1.29, 1.82) is 0 Å². The molecule has 1 amide bonds. The third kappa shape index (κ3) is 2.96. The Balaban J connectivity index is 1.36. The Bertz CT molecular complexity index is 1180. The zero-order valence-electron chi connectivity index (χ0n) is 15.4. The second-order valence-corrected chi connectivity index (χ2v) is 6.80. The van der Waals surface area contributed by atoms with Gasteiger partial charge < -0.3 is 9.80 Å². The van der Waals surface area contributed by atoms with Crippen molar-refractivity contribution in [2.45, 2.75) is 6.04 Å². The van der Waals surface area contributed by atoms with Gasteiger partial charge in [-0.15, -0.1) is 15.3 Å². The molecule has 1 N–H and O–H groups in total. The standard InChI is InChI=1S/C18H16FN9O/c1-26(18(29)16-20-10-21-23-16)13-8-27(9-13)15-6-5-14-22-24-17(28(14)25-15)11-3-2-4-12(19)7-11/h2-7,10,13H,8-9H2,1H3,(H,20,21,23). The number of nitrogens with one attached hydrogen (secondary N) is 1. The Kier molecular flexibility index (Phi) is 3.93. The van der Waals surface area contributed by atoms with E-state index in [1.807, 2.05) is 17.0 Å². The maximum Gasteiger partial charge on any atom is 0.291 e. The van der Waals surface area contributed by atoms with Crippen molar-refractivity contribution in [2.75, 3.05) is 25.0 Å². The first-order valence-corrected chi connectivity index (χ1v) is 8.96. The van der Waals surface area contributed by atoms with Gasteiger partial charge >= 0.3 is 0 Å². The number of rotatable bonds is 4. The second kappa shape index (κ2) is 6.62. The largest absolute Gasteiger partial charge is 0.351 e. The molecule has 3 aromatic heterocycles. The highest BCUT2D eigenvalue weighted by Crippen LogP contribution is 2.24. The lowest BCUT2D eigenvalue weighted by Gasteiger charge is -2.44. The lowest BCUT2D eigenvalue weighted by atomic mass is 10.1. The Hall–Kier alpha value is -3.89. The van der Waals surface area contributed by atoms with E-state index in [1.165, 1.54) is 18.5 Å². The summed E-state index contributed by atoms with van der Waals surface area (Å²) in [6.45, 7) is 1.26. The van der Waals surface area contributed by atoms with Gasteiger partial charge in [0, 0.05) is 25.7 Å². The summed E-state index contributed by atoms with van der Waals surface area (Å²) in [6.07, 6.45) is 1.31. The smallest absolute Gasteiger partial charge is 0.291 e. The predicted octanol–water partition coefficient (Wildman–Crippen LogP) is 1.01. The van der Waals surface area contributed by atoms with Crippen LogP contribution in [0.2, 0.25) is 0 Å². The van der Waals surface area contributed by atoms with Gasteiger partial charge in [-0.1, -0.05) is 12.1 Å². The summed E-state index contributed by atoms with van der Waals surface area (Å²) in [5.74, 6) is 0.862. The van der Waals surface area contributed by atoms with Crippen molar-refractivity contribution in [2.24, 2.45) is 0 Å². The molecule has 1 saturated heterocycles. The summed E-state index contributed by atoms with van der Waals surface area (Å²) >= 11 is 0. The van der Waals surface area contributed by atoms with Gasteiger partial charge in [0.15, 0.2) is 11.5 Å². The Labute approximate surface area is 164 Å². The van der Waals surface area contributed by atoms with Crippen LogP contribution in [0.1, 0.15) is 10.6 Å². The first kappa shape index (κ1) is 17.2. The van der Waals surface area contributed by atoms with Gasteiger partial charge in [-0.05, 0) is 24.3 Å². The number of benzene rings is 1. The summed E-state index contributed by atoms with van der Waals surface area (Å²) in [5, 5.41) is 19.2. The number of fused-ring (bicyclic) bond motifs is 1. The van der Waals surface area contributed by atoms with Crippen LogP contribution in [0.3, 0.4) is 0 Å². The maximum absolute atomic E-state index is 13.6. The zero-order chi connectivity index (χ0) is 20.0. The number of carbonyl (C=O) groups is 1. The number of aromatic nitrogens is 7. The Morgan fingerprint density at radius 2 is 2.10 bits per heavy atom. The quantitative estimate of drug-likeness (QED) is 0.551. The number of anilines is 1. The third-order valence-corrected chi connectivity index (χ3v) is 5.00. The van der Waals surface area contributed by atoms with Crippen molar-refractivity contribution >= 4 is 17.4 Å². The van der Waals surface area contributed by atoms with E-state index in [0.29, 0.717) is 30.1 Å². The van der Waals surface area contributed by atoms with Gasteiger partial charge in [0.2, 0.25) is 5.82 Å². The minimum absolute atomic E-state index is 0.0358. The molecule has 0 atom stereocenters. The molecule has 10 nitrogen and oxygen atoms in total. The molecule has 29 heavy (non-hydrogen) atoms. The Morgan fingerprint density at radius 1 is 1.24 bits per heavy atom. The van der Waals surface area contributed by atoms with E-state index in [4.69, 9.17) is 0 Å². The molecule has 1 aromatic carbocycles. The molecule has 0 aliphatic carbocycles. The number of nitrogens with zero attached hydrogens (tertiary/aromatic N) is 8. The molecule has 0 spiro atoms. The predicted molar refractivity (Wildman–Crippen MR) is 101 cm³/mol. The highest BCUT2D eigenvalue weighted by Gasteiger charge is 2.34. The number of halogens is 1. The first-order chi connectivity index (χ1) is 14.1. The Morgan fingerprint density at radius 3 is 2.86 bits per heavy atom. The number of amides is 1. The minimum atomic E-state index is -0.347. The molecule has 5 rings (SSSR count). The molecular weight excluding hydrogens is 377 g/mol. The van der Waals surface area contributed by atoms with Gasteiger partial charge in [-0.2, -0.15) is 9.61 Å². The van der Waals surface area contributed by atoms with Crippen molar-refractivity contribution in [3.8, 4) is 11.4 Å². The molecule has 0 bridgehead atoms. The molecule has 0 saturated carbocycles. The average Bonchev–Trinajstić information content (AvgIpc) is 3.36. The molecule has 4 heterocycles. The van der Waals surface area contributed by atoms with Gasteiger partial charge in [-0.3, -0.25) is 9.89 Å². The SMILES string of the molecule is CN(C(=O)c1ncn[nH]1)C1CN(c2ccc3nnc(-c4cccc(F)c4)n3n2)C1. The van der Waals surface area contributed by atoms with Crippen LogP contribution in [0.5, 0.6) is 0 Å². The molecule has 1 aliphatic heterocycles. The molecular formula is C18H16FN9O. The van der Waals surface area contributed by atoms with Gasteiger partial charge in [0.25, 0.3) is 5.91 Å². The summed E-state index contributed by atoms with van der Waals surface area (Å²) in [7, 11) is 1.74. The highest BCUT2D eigenvalue weighted by atomic mass is 19.1. The number of carbonyl (C=O) groups excluding carboxylic acids is 1. The summed E-state index contributed by atoms with van der Waals surface area (Å²) in [6, 6.07) is 9.86. The fraction of sp³-hybridized carbons (Fsp3) is 0.222. The van der Waals surface area contributed by atoms with Gasteiger partial charge in [0.05, 0.1) is 6.04 Å². The van der Waals surface area contributed by atoms with E-state index in [1.54, 1.807) is 28.6 Å². The highest BCUT2D eigenvalue weighted by molar-refractivity contribution is 5.90. The second-order valence-electron chi connectivity index (χ2n) is 6.80. The van der Waals surface area contributed by atoms with Crippen molar-refractivity contribution in [3.63, 3.8) is 0 Å². The molecule has 1 aliphatic rings. The van der Waals surface area contributed by atoms with Crippen LogP contribution in [0.4, 0.5) is 10.2 Å². The molecule has 0 unspecified atom stereocenters. The number of aromatic amines is 1. The van der Waals surface area contributed by atoms with Crippen LogP contribution in [0, 0.1) is 5.82 Å². The van der Waals surface area contributed by atoms with Crippen molar-refractivity contribution < 1.29 is 9.18 Å². The van der Waals surface area contributed by atoms with Gasteiger partial charge in [0.1, 0.15) is 18.0 Å². The van der Waals surface area contributed by atoms with E-state index in [2.05, 4.69) is 30.5 Å². The molecule has 146 valence electrons. The van der Waals surface area contributed by atoms with Crippen molar-refractivity contribution in [1.82, 2.24) is 39.9 Å². The van der Waals surface area contributed by atoms with E-state index in [9.17, 15) is 9.18 Å². The van der Waals surface area contributed by atoms with Crippen LogP contribution in [-0.2, 0) is 0 Å². The minimum Gasteiger partial charge on any atom is -0.351 e. The fourth-order valence-corrected chi connectivity index (χ4v) is 3.28. The molecule has 0 radical (unpaired) electrons. The average molecular weight is 393 g/mol. The zero-order valence-corrected chi connectivity index (χ0v) is 15.4.